The molecule has 120 valence electrons. The maximum atomic E-state index is 11.9. The predicted octanol–water partition coefficient (Wildman–Crippen LogP) is 0.948. The molecule has 1 aromatic carbocycles. The van der Waals surface area contributed by atoms with Crippen molar-refractivity contribution >= 4 is 29.1 Å². The summed E-state index contributed by atoms with van der Waals surface area (Å²) in [7, 11) is 1.50. The summed E-state index contributed by atoms with van der Waals surface area (Å²) < 4.78 is 5.03. The van der Waals surface area contributed by atoms with Crippen LogP contribution in [0, 0.1) is 0 Å². The first-order chi connectivity index (χ1) is 11.1. The van der Waals surface area contributed by atoms with Crippen LogP contribution >= 0.6 is 11.3 Å². The zero-order valence-corrected chi connectivity index (χ0v) is 13.1. The zero-order chi connectivity index (χ0) is 16.7. The molecular weight excluding hydrogens is 318 g/mol. The highest BCUT2D eigenvalue weighted by Crippen LogP contribution is 2.12. The van der Waals surface area contributed by atoms with Crippen molar-refractivity contribution in [3.63, 3.8) is 0 Å². The van der Waals surface area contributed by atoms with Crippen LogP contribution in [0.15, 0.2) is 41.8 Å². The van der Waals surface area contributed by atoms with Gasteiger partial charge in [0.2, 0.25) is 0 Å². The van der Waals surface area contributed by atoms with Gasteiger partial charge in [0.1, 0.15) is 5.75 Å². The Morgan fingerprint density at radius 3 is 2.61 bits per heavy atom. The Morgan fingerprint density at radius 1 is 1.09 bits per heavy atom. The topological polar surface area (TPSA) is 96.5 Å². The molecule has 2 rings (SSSR count). The fourth-order valence-corrected chi connectivity index (χ4v) is 2.29. The molecule has 0 unspecified atom stereocenters. The van der Waals surface area contributed by atoms with E-state index in [1.54, 1.807) is 41.8 Å². The number of hydrogen-bond acceptors (Lipinski definition) is 5. The number of benzene rings is 1. The average molecular weight is 333 g/mol. The molecule has 8 heteroatoms. The van der Waals surface area contributed by atoms with Gasteiger partial charge in [0.25, 0.3) is 17.7 Å². The maximum Gasteiger partial charge on any atom is 0.279 e. The van der Waals surface area contributed by atoms with Crippen LogP contribution < -0.4 is 20.9 Å². The van der Waals surface area contributed by atoms with Crippen molar-refractivity contribution in [2.75, 3.05) is 13.7 Å². The molecule has 1 aromatic heterocycles. The van der Waals surface area contributed by atoms with Crippen LogP contribution in [0.25, 0.3) is 0 Å². The van der Waals surface area contributed by atoms with Gasteiger partial charge in [0.05, 0.1) is 18.5 Å². The van der Waals surface area contributed by atoms with Gasteiger partial charge in [-0.3, -0.25) is 25.2 Å². The van der Waals surface area contributed by atoms with E-state index in [0.29, 0.717) is 16.2 Å². The summed E-state index contributed by atoms with van der Waals surface area (Å²) in [4.78, 5) is 35.6. The molecule has 2 aromatic rings. The minimum atomic E-state index is -0.536. The smallest absolute Gasteiger partial charge is 0.279 e. The van der Waals surface area contributed by atoms with Gasteiger partial charge in [-0.1, -0.05) is 12.1 Å². The van der Waals surface area contributed by atoms with Gasteiger partial charge in [0, 0.05) is 5.56 Å². The monoisotopic (exact) mass is 333 g/mol. The first-order valence-corrected chi connectivity index (χ1v) is 7.53. The summed E-state index contributed by atoms with van der Waals surface area (Å²) in [6.07, 6.45) is 0. The molecule has 0 aliphatic heterocycles. The lowest BCUT2D eigenvalue weighted by molar-refractivity contribution is -0.120. The van der Waals surface area contributed by atoms with Crippen LogP contribution in [-0.2, 0) is 4.79 Å². The number of nitrogens with one attached hydrogen (secondary N) is 3. The third kappa shape index (κ3) is 4.82. The van der Waals surface area contributed by atoms with E-state index in [9.17, 15) is 14.4 Å². The summed E-state index contributed by atoms with van der Waals surface area (Å²) in [5, 5.41) is 4.21. The number of carbonyl (C=O) groups excluding carboxylic acids is 3. The van der Waals surface area contributed by atoms with Crippen molar-refractivity contribution in [1.29, 1.82) is 0 Å². The second kappa shape index (κ2) is 7.95. The largest absolute Gasteiger partial charge is 0.497 e. The lowest BCUT2D eigenvalue weighted by Gasteiger charge is -2.08. The molecule has 0 saturated heterocycles. The van der Waals surface area contributed by atoms with E-state index in [4.69, 9.17) is 4.74 Å². The summed E-state index contributed by atoms with van der Waals surface area (Å²) in [5.41, 5.74) is 4.87. The highest BCUT2D eigenvalue weighted by molar-refractivity contribution is 7.12. The lowest BCUT2D eigenvalue weighted by Crippen LogP contribution is -2.46. The number of hydrogen-bond donors (Lipinski definition) is 3. The summed E-state index contributed by atoms with van der Waals surface area (Å²) in [6.45, 7) is -0.263. The predicted molar refractivity (Wildman–Crippen MR) is 85.3 cm³/mol. The van der Waals surface area contributed by atoms with Crippen molar-refractivity contribution in [3.05, 3.63) is 52.2 Å². The summed E-state index contributed by atoms with van der Waals surface area (Å²) >= 11 is 1.26. The summed E-state index contributed by atoms with van der Waals surface area (Å²) in [6, 6.07) is 9.92. The number of carbonyl (C=O) groups is 3. The van der Waals surface area contributed by atoms with Crippen molar-refractivity contribution < 1.29 is 19.1 Å². The standard InChI is InChI=1S/C15H15N3O4S/c1-22-11-5-2-4-10(8-11)14(20)16-9-13(19)17-18-15(21)12-6-3-7-23-12/h2-8H,9H2,1H3,(H,16,20)(H,17,19)(H,18,21). The maximum absolute atomic E-state index is 11.9. The minimum Gasteiger partial charge on any atom is -0.497 e. The van der Waals surface area contributed by atoms with Gasteiger partial charge < -0.3 is 10.1 Å². The SMILES string of the molecule is COc1cccc(C(=O)NCC(=O)NNC(=O)c2cccs2)c1. The lowest BCUT2D eigenvalue weighted by atomic mass is 10.2. The number of rotatable bonds is 5. The van der Waals surface area contributed by atoms with Gasteiger partial charge in [-0.05, 0) is 29.6 Å². The van der Waals surface area contributed by atoms with Crippen molar-refractivity contribution in [3.8, 4) is 5.75 Å². The number of hydrazine groups is 1. The molecule has 0 fully saturated rings. The van der Waals surface area contributed by atoms with Crippen molar-refractivity contribution in [2.24, 2.45) is 0 Å². The Morgan fingerprint density at radius 2 is 1.91 bits per heavy atom. The summed E-state index contributed by atoms with van der Waals surface area (Å²) in [5.74, 6) is -0.812. The Bertz CT molecular complexity index is 701. The van der Waals surface area contributed by atoms with E-state index >= 15 is 0 Å². The normalized spacial score (nSPS) is 9.78. The number of ether oxygens (including phenoxy) is 1. The van der Waals surface area contributed by atoms with Crippen LogP contribution in [0.2, 0.25) is 0 Å². The van der Waals surface area contributed by atoms with Crippen molar-refractivity contribution in [2.45, 2.75) is 0 Å². The fourth-order valence-electron chi connectivity index (χ4n) is 1.67. The van der Waals surface area contributed by atoms with Crippen LogP contribution in [0.3, 0.4) is 0 Å². The number of methoxy groups -OCH3 is 1. The Kier molecular flexibility index (Phi) is 5.70. The number of thiophene rings is 1. The van der Waals surface area contributed by atoms with Crippen LogP contribution in [-0.4, -0.2) is 31.4 Å². The van der Waals surface area contributed by atoms with E-state index < -0.39 is 17.7 Å². The van der Waals surface area contributed by atoms with E-state index in [1.165, 1.54) is 18.4 Å². The first-order valence-electron chi connectivity index (χ1n) is 6.65. The van der Waals surface area contributed by atoms with Crippen LogP contribution in [0.4, 0.5) is 0 Å². The quantitative estimate of drug-likeness (QED) is 0.710. The third-order valence-electron chi connectivity index (χ3n) is 2.80. The Labute approximate surface area is 136 Å². The third-order valence-corrected chi connectivity index (χ3v) is 3.67. The highest BCUT2D eigenvalue weighted by atomic mass is 32.1. The molecule has 0 aliphatic carbocycles. The minimum absolute atomic E-state index is 0.263. The molecule has 0 bridgehead atoms. The van der Waals surface area contributed by atoms with Crippen LogP contribution in [0.5, 0.6) is 5.75 Å². The molecule has 1 heterocycles. The second-order valence-electron chi connectivity index (χ2n) is 4.39. The molecule has 3 amide bonds. The Hall–Kier alpha value is -2.87. The molecule has 23 heavy (non-hydrogen) atoms. The zero-order valence-electron chi connectivity index (χ0n) is 12.3. The molecule has 0 aliphatic rings. The fraction of sp³-hybridized carbons (Fsp3) is 0.133. The molecule has 3 N–H and O–H groups in total. The average Bonchev–Trinajstić information content (AvgIpc) is 3.12. The molecule has 0 atom stereocenters. The van der Waals surface area contributed by atoms with Gasteiger partial charge in [-0.2, -0.15) is 0 Å². The van der Waals surface area contributed by atoms with Gasteiger partial charge >= 0.3 is 0 Å². The molecule has 0 spiro atoms. The molecule has 7 nitrogen and oxygen atoms in total. The second-order valence-corrected chi connectivity index (χ2v) is 5.34. The Balaban J connectivity index is 1.77. The molecular formula is C15H15N3O4S. The van der Waals surface area contributed by atoms with Gasteiger partial charge in [0.15, 0.2) is 0 Å². The van der Waals surface area contributed by atoms with Crippen LogP contribution in [0.1, 0.15) is 20.0 Å². The highest BCUT2D eigenvalue weighted by Gasteiger charge is 2.10. The van der Waals surface area contributed by atoms with Gasteiger partial charge in [-0.25, -0.2) is 0 Å². The number of amides is 3. The van der Waals surface area contributed by atoms with Crippen molar-refractivity contribution in [1.82, 2.24) is 16.2 Å². The van der Waals surface area contributed by atoms with E-state index in [0.717, 1.165) is 0 Å². The van der Waals surface area contributed by atoms with E-state index in [1.807, 2.05) is 0 Å². The first kappa shape index (κ1) is 16.5. The molecule has 0 saturated carbocycles. The molecule has 0 radical (unpaired) electrons. The van der Waals surface area contributed by atoms with E-state index in [-0.39, 0.29) is 6.54 Å². The van der Waals surface area contributed by atoms with E-state index in [2.05, 4.69) is 16.2 Å². The van der Waals surface area contributed by atoms with Gasteiger partial charge in [-0.15, -0.1) is 11.3 Å².